The van der Waals surface area contributed by atoms with Gasteiger partial charge < -0.3 is 35.6 Å². The highest BCUT2D eigenvalue weighted by Gasteiger charge is 2.38. The zero-order valence-electron chi connectivity index (χ0n) is 33.0. The summed E-state index contributed by atoms with van der Waals surface area (Å²) < 4.78 is 20.6. The van der Waals surface area contributed by atoms with Gasteiger partial charge in [0, 0.05) is 29.9 Å². The van der Waals surface area contributed by atoms with Gasteiger partial charge in [0.25, 0.3) is 0 Å². The second-order valence-corrected chi connectivity index (χ2v) is 15.6. The number of hydrogen-bond acceptors (Lipinski definition) is 7. The van der Waals surface area contributed by atoms with Crippen LogP contribution in [0.5, 0.6) is 0 Å². The minimum Gasteiger partial charge on any atom is -0.453 e. The van der Waals surface area contributed by atoms with Crippen LogP contribution in [0.3, 0.4) is 0 Å². The number of nitrogens with one attached hydrogen (secondary N) is 3. The Labute approximate surface area is 322 Å². The lowest BCUT2D eigenvalue weighted by Gasteiger charge is -2.31. The molecule has 6 rings (SSSR count). The van der Waals surface area contributed by atoms with Crippen LogP contribution in [0.2, 0.25) is 0 Å². The van der Waals surface area contributed by atoms with Crippen LogP contribution in [0.15, 0.2) is 42.6 Å². The van der Waals surface area contributed by atoms with Crippen LogP contribution in [0, 0.1) is 17.7 Å². The molecule has 294 valence electrons. The molecule has 0 radical (unpaired) electrons. The van der Waals surface area contributed by atoms with Gasteiger partial charge in [0.05, 0.1) is 42.8 Å². The molecule has 1 aliphatic carbocycles. The first-order chi connectivity index (χ1) is 26.3. The number of amides is 3. The standard InChI is InChI=1S/C42H55FN8O4/c1-8-18-50(40(52)35(44)23(2)3)25(6)38-45-22-33(47-38)30-17-15-27(21-31(30)43)26-14-16-29-28(20-26)11-9-12-32-37(29)48-39(46-32)34-13-10-19-51(34)41(53)36(24(4)5)49-42(54)55-7/h14-17,20-25,34-36H,8-13,18-19,44H2,1-7H3,(H,45,47)(H,46,48)(H,49,54)/t25-,34-,35-,36-/m0/s1. The normalized spacial score (nSPS) is 17.0. The lowest BCUT2D eigenvalue weighted by molar-refractivity contribution is -0.136. The van der Waals surface area contributed by atoms with E-state index in [9.17, 15) is 14.4 Å². The van der Waals surface area contributed by atoms with Gasteiger partial charge in [-0.2, -0.15) is 0 Å². The van der Waals surface area contributed by atoms with Crippen molar-refractivity contribution < 1.29 is 23.5 Å². The minimum atomic E-state index is -0.702. The number of nitrogens with zero attached hydrogens (tertiary/aromatic N) is 4. The SMILES string of the molecule is CCCN(C(=O)[C@@H](N)C(C)C)[C@@H](C)c1ncc(-c2ccc(-c3ccc4c(c3)CCCc3[nH]c([C@@H]5CCCN5C(=O)[C@@H](NC(=O)OC)C(C)C)nc3-4)cc2F)[nH]1. The number of carbonyl (C=O) groups is 3. The molecule has 1 fully saturated rings. The Morgan fingerprint density at radius 1 is 1.02 bits per heavy atom. The van der Waals surface area contributed by atoms with Crippen molar-refractivity contribution >= 4 is 17.9 Å². The van der Waals surface area contributed by atoms with E-state index in [4.69, 9.17) is 15.5 Å². The molecule has 1 aliphatic heterocycles. The van der Waals surface area contributed by atoms with Gasteiger partial charge in [-0.3, -0.25) is 9.59 Å². The van der Waals surface area contributed by atoms with Crippen LogP contribution in [0.1, 0.15) is 102 Å². The zero-order valence-corrected chi connectivity index (χ0v) is 33.0. The molecule has 3 heterocycles. The Kier molecular flexibility index (Phi) is 12.1. The summed E-state index contributed by atoms with van der Waals surface area (Å²) in [5, 5.41) is 2.71. The molecule has 0 unspecified atom stereocenters. The first-order valence-corrected chi connectivity index (χ1v) is 19.6. The second kappa shape index (κ2) is 16.8. The molecular weight excluding hydrogens is 700 g/mol. The number of alkyl carbamates (subject to hydrolysis) is 1. The van der Waals surface area contributed by atoms with Gasteiger partial charge in [-0.05, 0) is 86.1 Å². The third-order valence-corrected chi connectivity index (χ3v) is 11.1. The number of hydrogen-bond donors (Lipinski definition) is 4. The Morgan fingerprint density at radius 2 is 1.75 bits per heavy atom. The second-order valence-electron chi connectivity index (χ2n) is 15.6. The molecule has 5 N–H and O–H groups in total. The predicted molar refractivity (Wildman–Crippen MR) is 210 cm³/mol. The molecule has 12 nitrogen and oxygen atoms in total. The van der Waals surface area contributed by atoms with Crippen LogP contribution in [0.4, 0.5) is 9.18 Å². The number of aromatic nitrogens is 4. The van der Waals surface area contributed by atoms with E-state index in [1.54, 1.807) is 23.2 Å². The number of methoxy groups -OCH3 is 1. The summed E-state index contributed by atoms with van der Waals surface area (Å²) in [4.78, 5) is 59.0. The quantitative estimate of drug-likeness (QED) is 0.120. The summed E-state index contributed by atoms with van der Waals surface area (Å²) in [5.41, 5.74) is 12.9. The molecular formula is C42H55FN8O4. The van der Waals surface area contributed by atoms with Crippen LogP contribution in [-0.4, -0.2) is 79.9 Å². The number of aryl methyl sites for hydroxylation is 2. The largest absolute Gasteiger partial charge is 0.453 e. The first-order valence-electron chi connectivity index (χ1n) is 19.6. The van der Waals surface area contributed by atoms with Crippen molar-refractivity contribution in [2.75, 3.05) is 20.2 Å². The van der Waals surface area contributed by atoms with E-state index < -0.39 is 18.2 Å². The number of rotatable bonds is 12. The summed E-state index contributed by atoms with van der Waals surface area (Å²) in [6.07, 6.45) is 5.95. The van der Waals surface area contributed by atoms with Gasteiger partial charge in [0.1, 0.15) is 23.5 Å². The molecule has 1 saturated heterocycles. The number of nitrogens with two attached hydrogens (primary N) is 1. The molecule has 4 atom stereocenters. The molecule has 0 bridgehead atoms. The number of ether oxygens (including phenoxy) is 1. The number of carbonyl (C=O) groups excluding carboxylic acids is 3. The maximum absolute atomic E-state index is 15.9. The van der Waals surface area contributed by atoms with Crippen LogP contribution >= 0.6 is 0 Å². The van der Waals surface area contributed by atoms with Crippen LogP contribution in [-0.2, 0) is 27.2 Å². The minimum absolute atomic E-state index is 0.00324. The summed E-state index contributed by atoms with van der Waals surface area (Å²) in [6, 6.07) is 9.54. The van der Waals surface area contributed by atoms with Gasteiger partial charge in [-0.25, -0.2) is 19.2 Å². The monoisotopic (exact) mass is 754 g/mol. The van der Waals surface area contributed by atoms with E-state index in [0.29, 0.717) is 30.2 Å². The number of aromatic amines is 2. The van der Waals surface area contributed by atoms with Gasteiger partial charge in [-0.1, -0.05) is 58.9 Å². The van der Waals surface area contributed by atoms with Crippen molar-refractivity contribution in [2.24, 2.45) is 17.6 Å². The van der Waals surface area contributed by atoms with E-state index in [1.165, 1.54) is 7.11 Å². The summed E-state index contributed by atoms with van der Waals surface area (Å²) in [5.74, 6) is 0.572. The number of benzene rings is 2. The third kappa shape index (κ3) is 8.17. The Morgan fingerprint density at radius 3 is 2.42 bits per heavy atom. The number of halogens is 1. The molecule has 2 aromatic heterocycles. The van der Waals surface area contributed by atoms with E-state index in [2.05, 4.69) is 32.4 Å². The number of fused-ring (bicyclic) bond motifs is 3. The van der Waals surface area contributed by atoms with E-state index in [-0.39, 0.29) is 41.6 Å². The van der Waals surface area contributed by atoms with Gasteiger partial charge in [0.2, 0.25) is 11.8 Å². The molecule has 4 aromatic rings. The summed E-state index contributed by atoms with van der Waals surface area (Å²) in [7, 11) is 1.29. The number of imidazole rings is 2. The Balaban J connectivity index is 1.21. The van der Waals surface area contributed by atoms with Crippen LogP contribution in [0.25, 0.3) is 33.6 Å². The van der Waals surface area contributed by atoms with Gasteiger partial charge in [-0.15, -0.1) is 0 Å². The number of likely N-dealkylation sites (tertiary alicyclic amines) is 1. The molecule has 2 aromatic carbocycles. The Hall–Kier alpha value is -5.04. The lowest BCUT2D eigenvalue weighted by atomic mass is 9.95. The topological polar surface area (TPSA) is 162 Å². The highest BCUT2D eigenvalue weighted by Crippen LogP contribution is 2.38. The van der Waals surface area contributed by atoms with E-state index in [0.717, 1.165) is 78.0 Å². The van der Waals surface area contributed by atoms with Gasteiger partial charge >= 0.3 is 6.09 Å². The molecule has 0 saturated carbocycles. The van der Waals surface area contributed by atoms with Crippen molar-refractivity contribution in [3.8, 4) is 33.6 Å². The Bertz CT molecular complexity index is 2020. The first kappa shape index (κ1) is 39.6. The van der Waals surface area contributed by atoms with Crippen molar-refractivity contribution in [3.63, 3.8) is 0 Å². The third-order valence-electron chi connectivity index (χ3n) is 11.1. The maximum Gasteiger partial charge on any atom is 0.407 e. The van der Waals surface area contributed by atoms with Crippen molar-refractivity contribution in [1.29, 1.82) is 0 Å². The number of H-pyrrole nitrogens is 2. The van der Waals surface area contributed by atoms with Gasteiger partial charge in [0.15, 0.2) is 0 Å². The molecule has 2 aliphatic rings. The van der Waals surface area contributed by atoms with Crippen molar-refractivity contribution in [1.82, 2.24) is 35.1 Å². The maximum atomic E-state index is 15.9. The van der Waals surface area contributed by atoms with E-state index in [1.807, 2.05) is 58.6 Å². The zero-order chi connectivity index (χ0) is 39.6. The highest BCUT2D eigenvalue weighted by molar-refractivity contribution is 5.86. The summed E-state index contributed by atoms with van der Waals surface area (Å²) >= 11 is 0. The molecule has 0 spiro atoms. The van der Waals surface area contributed by atoms with Crippen LogP contribution < -0.4 is 11.1 Å². The fraction of sp³-hybridized carbons (Fsp3) is 0.500. The smallest absolute Gasteiger partial charge is 0.407 e. The van der Waals surface area contributed by atoms with Crippen molar-refractivity contribution in [3.05, 3.63) is 71.3 Å². The molecule has 13 heteroatoms. The summed E-state index contributed by atoms with van der Waals surface area (Å²) in [6.45, 7) is 12.7. The predicted octanol–water partition coefficient (Wildman–Crippen LogP) is 7.09. The average Bonchev–Trinajstić information content (AvgIpc) is 3.93. The fourth-order valence-electron chi connectivity index (χ4n) is 7.81. The lowest BCUT2D eigenvalue weighted by Crippen LogP contribution is -2.51. The molecule has 3 amide bonds. The fourth-order valence-corrected chi connectivity index (χ4v) is 7.81. The van der Waals surface area contributed by atoms with E-state index >= 15 is 4.39 Å². The highest BCUT2D eigenvalue weighted by atomic mass is 19.1. The molecule has 55 heavy (non-hydrogen) atoms. The average molecular weight is 755 g/mol. The van der Waals surface area contributed by atoms with Crippen molar-refractivity contribution in [2.45, 2.75) is 104 Å².